The van der Waals surface area contributed by atoms with Crippen molar-refractivity contribution in [1.29, 1.82) is 0 Å². The van der Waals surface area contributed by atoms with E-state index in [1.54, 1.807) is 36.1 Å². The maximum absolute atomic E-state index is 12.6. The van der Waals surface area contributed by atoms with Crippen LogP contribution in [0.1, 0.15) is 23.6 Å². The number of benzene rings is 2. The molecule has 0 bridgehead atoms. The molecule has 0 saturated heterocycles. The molecule has 1 amide bonds. The van der Waals surface area contributed by atoms with Crippen molar-refractivity contribution in [1.82, 2.24) is 4.90 Å². The molecule has 1 heterocycles. The lowest BCUT2D eigenvalue weighted by atomic mass is 9.99. The number of carbonyl (C=O) groups excluding carboxylic acids is 2. The lowest BCUT2D eigenvalue weighted by molar-refractivity contribution is -0.159. The standard InChI is InChI=1S/C20H20ClNO3/c1-14(25-19(23)12-15-6-8-18(21)9-7-15)20(24)22-11-10-16-4-2-3-5-17(16)13-22/h2-9,14H,10-13H2,1H3/t14-/m0/s1. The van der Waals surface area contributed by atoms with E-state index in [-0.39, 0.29) is 12.3 Å². The Morgan fingerprint density at radius 2 is 1.80 bits per heavy atom. The van der Waals surface area contributed by atoms with Crippen LogP contribution in [0.2, 0.25) is 5.02 Å². The normalized spacial score (nSPS) is 14.6. The molecule has 0 aliphatic carbocycles. The first-order valence-corrected chi connectivity index (χ1v) is 8.70. The van der Waals surface area contributed by atoms with Crippen molar-refractivity contribution < 1.29 is 14.3 Å². The average Bonchev–Trinajstić information content (AvgIpc) is 2.62. The summed E-state index contributed by atoms with van der Waals surface area (Å²) in [6, 6.07) is 15.1. The average molecular weight is 358 g/mol. The minimum absolute atomic E-state index is 0.123. The van der Waals surface area contributed by atoms with Gasteiger partial charge in [-0.1, -0.05) is 48.0 Å². The number of hydrogen-bond donors (Lipinski definition) is 0. The van der Waals surface area contributed by atoms with Gasteiger partial charge in [0.25, 0.3) is 5.91 Å². The highest BCUT2D eigenvalue weighted by Crippen LogP contribution is 2.19. The first kappa shape index (κ1) is 17.5. The van der Waals surface area contributed by atoms with Crippen molar-refractivity contribution in [2.24, 2.45) is 0 Å². The van der Waals surface area contributed by atoms with Crippen LogP contribution in [0.15, 0.2) is 48.5 Å². The van der Waals surface area contributed by atoms with E-state index < -0.39 is 12.1 Å². The van der Waals surface area contributed by atoms with Crippen LogP contribution in [0.25, 0.3) is 0 Å². The van der Waals surface area contributed by atoms with Crippen LogP contribution in [-0.4, -0.2) is 29.4 Å². The molecule has 1 atom stereocenters. The summed E-state index contributed by atoms with van der Waals surface area (Å²) in [6.45, 7) is 2.84. The highest BCUT2D eigenvalue weighted by Gasteiger charge is 2.26. The summed E-state index contributed by atoms with van der Waals surface area (Å²) in [4.78, 5) is 26.4. The van der Waals surface area contributed by atoms with Crippen molar-refractivity contribution in [3.05, 3.63) is 70.2 Å². The maximum atomic E-state index is 12.6. The fourth-order valence-electron chi connectivity index (χ4n) is 3.00. The van der Waals surface area contributed by atoms with Crippen LogP contribution in [0.5, 0.6) is 0 Å². The van der Waals surface area contributed by atoms with Gasteiger partial charge in [-0.15, -0.1) is 0 Å². The van der Waals surface area contributed by atoms with Gasteiger partial charge in [-0.05, 0) is 42.2 Å². The van der Waals surface area contributed by atoms with E-state index in [1.807, 2.05) is 18.2 Å². The summed E-state index contributed by atoms with van der Waals surface area (Å²) in [5.41, 5.74) is 3.24. The molecule has 0 radical (unpaired) electrons. The Hall–Kier alpha value is -2.33. The van der Waals surface area contributed by atoms with Gasteiger partial charge in [0.2, 0.25) is 0 Å². The van der Waals surface area contributed by atoms with E-state index in [2.05, 4.69) is 6.07 Å². The lowest BCUT2D eigenvalue weighted by Gasteiger charge is -2.30. The van der Waals surface area contributed by atoms with Crippen molar-refractivity contribution in [3.8, 4) is 0 Å². The molecule has 1 aliphatic heterocycles. The molecule has 0 spiro atoms. The van der Waals surface area contributed by atoms with E-state index in [4.69, 9.17) is 16.3 Å². The fourth-order valence-corrected chi connectivity index (χ4v) is 3.13. The topological polar surface area (TPSA) is 46.6 Å². The molecule has 0 unspecified atom stereocenters. The van der Waals surface area contributed by atoms with Crippen LogP contribution in [0.3, 0.4) is 0 Å². The van der Waals surface area contributed by atoms with Gasteiger partial charge in [-0.3, -0.25) is 9.59 Å². The summed E-state index contributed by atoms with van der Waals surface area (Å²) in [6.07, 6.45) is 0.162. The molecule has 2 aromatic carbocycles. The molecule has 25 heavy (non-hydrogen) atoms. The highest BCUT2D eigenvalue weighted by atomic mass is 35.5. The highest BCUT2D eigenvalue weighted by molar-refractivity contribution is 6.30. The first-order chi connectivity index (χ1) is 12.0. The Labute approximate surface area is 152 Å². The third-order valence-corrected chi connectivity index (χ3v) is 4.61. The second-order valence-electron chi connectivity index (χ2n) is 6.21. The predicted octanol–water partition coefficient (Wildman–Crippen LogP) is 3.40. The summed E-state index contributed by atoms with van der Waals surface area (Å²) in [7, 11) is 0. The number of rotatable bonds is 4. The molecule has 5 heteroatoms. The van der Waals surface area contributed by atoms with E-state index in [0.717, 1.165) is 17.5 Å². The molecule has 0 aromatic heterocycles. The third-order valence-electron chi connectivity index (χ3n) is 4.36. The van der Waals surface area contributed by atoms with Gasteiger partial charge in [-0.25, -0.2) is 0 Å². The summed E-state index contributed by atoms with van der Waals surface area (Å²) < 4.78 is 5.32. The molecule has 0 saturated carbocycles. The maximum Gasteiger partial charge on any atom is 0.311 e. The van der Waals surface area contributed by atoms with Crippen molar-refractivity contribution in [2.75, 3.05) is 6.54 Å². The van der Waals surface area contributed by atoms with Crippen molar-refractivity contribution in [3.63, 3.8) is 0 Å². The van der Waals surface area contributed by atoms with Gasteiger partial charge in [0.05, 0.1) is 6.42 Å². The number of esters is 1. The van der Waals surface area contributed by atoms with E-state index in [1.165, 1.54) is 5.56 Å². The number of halogens is 1. The predicted molar refractivity (Wildman–Crippen MR) is 96.3 cm³/mol. The van der Waals surface area contributed by atoms with Crippen molar-refractivity contribution in [2.45, 2.75) is 32.4 Å². The summed E-state index contributed by atoms with van der Waals surface area (Å²) >= 11 is 5.83. The third kappa shape index (κ3) is 4.40. The zero-order valence-corrected chi connectivity index (χ0v) is 14.8. The second-order valence-corrected chi connectivity index (χ2v) is 6.65. The molecule has 0 fully saturated rings. The molecular formula is C20H20ClNO3. The largest absolute Gasteiger partial charge is 0.452 e. The minimum atomic E-state index is -0.787. The van der Waals surface area contributed by atoms with Crippen LogP contribution in [0.4, 0.5) is 0 Å². The smallest absolute Gasteiger partial charge is 0.311 e. The molecule has 3 rings (SSSR count). The number of fused-ring (bicyclic) bond motifs is 1. The Morgan fingerprint density at radius 1 is 1.12 bits per heavy atom. The molecule has 130 valence electrons. The molecular weight excluding hydrogens is 338 g/mol. The number of amides is 1. The number of hydrogen-bond acceptors (Lipinski definition) is 3. The Morgan fingerprint density at radius 3 is 2.52 bits per heavy atom. The van der Waals surface area contributed by atoms with Crippen LogP contribution in [-0.2, 0) is 33.7 Å². The van der Waals surface area contributed by atoms with Gasteiger partial charge in [-0.2, -0.15) is 0 Å². The Balaban J connectivity index is 1.56. The van der Waals surface area contributed by atoms with Gasteiger partial charge in [0.15, 0.2) is 6.10 Å². The van der Waals surface area contributed by atoms with E-state index in [9.17, 15) is 9.59 Å². The zero-order valence-electron chi connectivity index (χ0n) is 14.1. The number of nitrogens with zero attached hydrogens (tertiary/aromatic N) is 1. The van der Waals surface area contributed by atoms with Crippen LogP contribution < -0.4 is 0 Å². The Bertz CT molecular complexity index is 773. The van der Waals surface area contributed by atoms with Crippen LogP contribution >= 0.6 is 11.6 Å². The van der Waals surface area contributed by atoms with Crippen LogP contribution in [0, 0.1) is 0 Å². The molecule has 4 nitrogen and oxygen atoms in total. The van der Waals surface area contributed by atoms with Crippen molar-refractivity contribution >= 4 is 23.5 Å². The summed E-state index contributed by atoms with van der Waals surface area (Å²) in [5.74, 6) is -0.570. The lowest BCUT2D eigenvalue weighted by Crippen LogP contribution is -2.42. The van der Waals surface area contributed by atoms with Gasteiger partial charge in [0, 0.05) is 18.1 Å². The molecule has 1 aliphatic rings. The van der Waals surface area contributed by atoms with E-state index in [0.29, 0.717) is 18.1 Å². The first-order valence-electron chi connectivity index (χ1n) is 8.32. The SMILES string of the molecule is C[C@H](OC(=O)Cc1ccc(Cl)cc1)C(=O)N1CCc2ccccc2C1. The molecule has 2 aromatic rings. The fraction of sp³-hybridized carbons (Fsp3) is 0.300. The minimum Gasteiger partial charge on any atom is -0.452 e. The summed E-state index contributed by atoms with van der Waals surface area (Å²) in [5, 5.41) is 0.617. The van der Waals surface area contributed by atoms with Gasteiger partial charge >= 0.3 is 5.97 Å². The Kier molecular flexibility index (Phi) is 5.39. The zero-order chi connectivity index (χ0) is 17.8. The number of ether oxygens (including phenoxy) is 1. The second kappa shape index (κ2) is 7.70. The van der Waals surface area contributed by atoms with Gasteiger partial charge < -0.3 is 9.64 Å². The molecule has 0 N–H and O–H groups in total. The number of carbonyl (C=O) groups is 2. The van der Waals surface area contributed by atoms with E-state index >= 15 is 0 Å². The quantitative estimate of drug-likeness (QED) is 0.788. The van der Waals surface area contributed by atoms with Gasteiger partial charge in [0.1, 0.15) is 0 Å². The monoisotopic (exact) mass is 357 g/mol.